The highest BCUT2D eigenvalue weighted by Gasteiger charge is 2.18. The standard InChI is InChI=1S/C9H14IN3/c1-8-4-2-3-6-12(8)13-7-5-9(10)11-13/h5,7-8H,2-4,6H2,1H3. The van der Waals surface area contributed by atoms with Crippen LogP contribution in [0.25, 0.3) is 0 Å². The molecule has 1 aromatic heterocycles. The van der Waals surface area contributed by atoms with Gasteiger partial charge >= 0.3 is 0 Å². The van der Waals surface area contributed by atoms with Crippen molar-refractivity contribution < 1.29 is 0 Å². The molecule has 1 atom stereocenters. The van der Waals surface area contributed by atoms with Crippen LogP contribution in [0.1, 0.15) is 26.2 Å². The van der Waals surface area contributed by atoms with E-state index in [-0.39, 0.29) is 0 Å². The van der Waals surface area contributed by atoms with Gasteiger partial charge in [0.1, 0.15) is 3.70 Å². The van der Waals surface area contributed by atoms with E-state index < -0.39 is 0 Å². The van der Waals surface area contributed by atoms with E-state index in [2.05, 4.69) is 39.6 Å². The lowest BCUT2D eigenvalue weighted by atomic mass is 10.1. The highest BCUT2D eigenvalue weighted by Crippen LogP contribution is 2.15. The lowest BCUT2D eigenvalue weighted by molar-refractivity contribution is 0.376. The summed E-state index contributed by atoms with van der Waals surface area (Å²) in [6, 6.07) is 2.67. The summed E-state index contributed by atoms with van der Waals surface area (Å²) in [6.45, 7) is 3.41. The molecule has 0 bridgehead atoms. The summed E-state index contributed by atoms with van der Waals surface area (Å²) in [5.41, 5.74) is 0. The molecule has 0 amide bonds. The fourth-order valence-electron chi connectivity index (χ4n) is 1.82. The van der Waals surface area contributed by atoms with Crippen molar-refractivity contribution in [1.29, 1.82) is 0 Å². The van der Waals surface area contributed by atoms with Crippen LogP contribution in [-0.4, -0.2) is 22.5 Å². The van der Waals surface area contributed by atoms with Gasteiger partial charge in [0.2, 0.25) is 0 Å². The van der Waals surface area contributed by atoms with Crippen LogP contribution in [0.2, 0.25) is 0 Å². The minimum atomic E-state index is 0.629. The Morgan fingerprint density at radius 3 is 3.00 bits per heavy atom. The molecular formula is C9H14IN3. The maximum atomic E-state index is 4.41. The van der Waals surface area contributed by atoms with Crippen molar-refractivity contribution in [3.63, 3.8) is 0 Å². The van der Waals surface area contributed by atoms with Crippen LogP contribution in [0.5, 0.6) is 0 Å². The Labute approximate surface area is 92.2 Å². The molecule has 0 N–H and O–H groups in total. The van der Waals surface area contributed by atoms with Crippen LogP contribution in [0.4, 0.5) is 0 Å². The summed E-state index contributed by atoms with van der Waals surface area (Å²) in [4.78, 5) is 1.99. The van der Waals surface area contributed by atoms with Gasteiger partial charge in [-0.2, -0.15) is 4.79 Å². The van der Waals surface area contributed by atoms with Crippen molar-refractivity contribution in [3.8, 4) is 0 Å². The summed E-state index contributed by atoms with van der Waals surface area (Å²) in [5.74, 6) is 0. The van der Waals surface area contributed by atoms with E-state index in [1.807, 2.05) is 17.1 Å². The average molecular weight is 291 g/mol. The Bertz CT molecular complexity index is 284. The van der Waals surface area contributed by atoms with Gasteiger partial charge in [-0.25, -0.2) is 0 Å². The largest absolute Gasteiger partial charge is 0.294 e. The molecule has 1 unspecified atom stereocenters. The number of hydrogen-bond acceptors (Lipinski definition) is 2. The predicted octanol–water partition coefficient (Wildman–Crippen LogP) is 2.00. The zero-order valence-corrected chi connectivity index (χ0v) is 9.94. The van der Waals surface area contributed by atoms with Crippen LogP contribution in [0, 0.1) is 3.70 Å². The van der Waals surface area contributed by atoms with E-state index >= 15 is 0 Å². The van der Waals surface area contributed by atoms with Crippen LogP contribution in [0.15, 0.2) is 12.3 Å². The maximum absolute atomic E-state index is 4.41. The minimum Gasteiger partial charge on any atom is -0.294 e. The van der Waals surface area contributed by atoms with Crippen molar-refractivity contribution >= 4 is 22.6 Å². The van der Waals surface area contributed by atoms with Gasteiger partial charge < -0.3 is 0 Å². The zero-order chi connectivity index (χ0) is 9.26. The van der Waals surface area contributed by atoms with Crippen molar-refractivity contribution in [1.82, 2.24) is 9.89 Å². The van der Waals surface area contributed by atoms with E-state index in [4.69, 9.17) is 0 Å². The lowest BCUT2D eigenvalue weighted by Crippen LogP contribution is -2.45. The zero-order valence-electron chi connectivity index (χ0n) is 7.78. The van der Waals surface area contributed by atoms with Crippen LogP contribution in [-0.2, 0) is 0 Å². The number of rotatable bonds is 1. The first kappa shape index (κ1) is 9.30. The van der Waals surface area contributed by atoms with Gasteiger partial charge in [-0.05, 0) is 54.8 Å². The van der Waals surface area contributed by atoms with E-state index in [1.165, 1.54) is 19.3 Å². The average Bonchev–Trinajstić information content (AvgIpc) is 2.53. The van der Waals surface area contributed by atoms with E-state index in [9.17, 15) is 0 Å². The lowest BCUT2D eigenvalue weighted by Gasteiger charge is -2.34. The molecule has 1 aromatic rings. The Morgan fingerprint density at radius 1 is 1.54 bits per heavy atom. The second-order valence-corrected chi connectivity index (χ2v) is 4.67. The first-order chi connectivity index (χ1) is 6.27. The van der Waals surface area contributed by atoms with Gasteiger partial charge in [-0.15, -0.1) is 5.10 Å². The second kappa shape index (κ2) is 3.86. The maximum Gasteiger partial charge on any atom is 0.125 e. The second-order valence-electron chi connectivity index (χ2n) is 3.57. The van der Waals surface area contributed by atoms with Crippen molar-refractivity contribution in [2.24, 2.45) is 0 Å². The van der Waals surface area contributed by atoms with Gasteiger partial charge in [-0.3, -0.25) is 5.01 Å². The summed E-state index contributed by atoms with van der Waals surface area (Å²) in [5, 5.41) is 6.75. The highest BCUT2D eigenvalue weighted by molar-refractivity contribution is 14.1. The van der Waals surface area contributed by atoms with Crippen molar-refractivity contribution in [2.45, 2.75) is 32.2 Å². The summed E-state index contributed by atoms with van der Waals surface area (Å²) >= 11 is 2.25. The predicted molar refractivity (Wildman–Crippen MR) is 61.3 cm³/mol. The van der Waals surface area contributed by atoms with Gasteiger partial charge in [0, 0.05) is 18.8 Å². The van der Waals surface area contributed by atoms with Crippen LogP contribution >= 0.6 is 22.6 Å². The Balaban J connectivity index is 2.14. The van der Waals surface area contributed by atoms with Crippen LogP contribution in [0.3, 0.4) is 0 Å². The van der Waals surface area contributed by atoms with Crippen molar-refractivity contribution in [2.75, 3.05) is 11.6 Å². The summed E-state index contributed by atoms with van der Waals surface area (Å²) in [6.07, 6.45) is 5.98. The molecule has 0 spiro atoms. The fraction of sp³-hybridized carbons (Fsp3) is 0.667. The molecule has 0 saturated carbocycles. The normalized spacial score (nSPS) is 23.5. The quantitative estimate of drug-likeness (QED) is 0.738. The van der Waals surface area contributed by atoms with Gasteiger partial charge in [-0.1, -0.05) is 0 Å². The molecule has 2 heterocycles. The molecule has 1 aliphatic rings. The summed E-state index contributed by atoms with van der Waals surface area (Å²) < 4.78 is 1.07. The molecule has 72 valence electrons. The monoisotopic (exact) mass is 291 g/mol. The van der Waals surface area contributed by atoms with E-state index in [1.54, 1.807) is 0 Å². The smallest absolute Gasteiger partial charge is 0.125 e. The molecule has 3 nitrogen and oxygen atoms in total. The molecule has 0 aliphatic carbocycles. The van der Waals surface area contributed by atoms with E-state index in [0.29, 0.717) is 6.04 Å². The van der Waals surface area contributed by atoms with Gasteiger partial charge in [0.15, 0.2) is 0 Å². The first-order valence-corrected chi connectivity index (χ1v) is 5.83. The molecule has 1 fully saturated rings. The third-order valence-corrected chi connectivity index (χ3v) is 3.15. The Morgan fingerprint density at radius 2 is 2.38 bits per heavy atom. The molecule has 2 rings (SSSR count). The summed E-state index contributed by atoms with van der Waals surface area (Å²) in [7, 11) is 0. The molecular weight excluding hydrogens is 277 g/mol. The minimum absolute atomic E-state index is 0.629. The number of halogens is 1. The number of hydrogen-bond donors (Lipinski definition) is 0. The van der Waals surface area contributed by atoms with Crippen molar-refractivity contribution in [3.05, 3.63) is 16.0 Å². The first-order valence-electron chi connectivity index (χ1n) is 4.75. The highest BCUT2D eigenvalue weighted by atomic mass is 127. The molecule has 0 aromatic carbocycles. The van der Waals surface area contributed by atoms with Gasteiger partial charge in [0.25, 0.3) is 0 Å². The van der Waals surface area contributed by atoms with Gasteiger partial charge in [0.05, 0.1) is 0 Å². The SMILES string of the molecule is CC1CCCCN1n1ccc(I)n1. The Kier molecular flexibility index (Phi) is 2.76. The molecule has 13 heavy (non-hydrogen) atoms. The fourth-order valence-corrected chi connectivity index (χ4v) is 2.21. The van der Waals surface area contributed by atoms with E-state index in [0.717, 1.165) is 10.2 Å². The topological polar surface area (TPSA) is 21.1 Å². The molecule has 1 aliphatic heterocycles. The molecule has 4 heteroatoms. The third kappa shape index (κ3) is 1.98. The molecule has 0 radical (unpaired) electrons. The third-order valence-electron chi connectivity index (χ3n) is 2.57. The molecule has 1 saturated heterocycles. The number of nitrogens with zero attached hydrogens (tertiary/aromatic N) is 3. The number of aromatic nitrogens is 2. The van der Waals surface area contributed by atoms with Crippen LogP contribution < -0.4 is 5.01 Å². The Hall–Kier alpha value is -0.260. The number of piperidine rings is 1.